The number of nitrogens with zero attached hydrogens (tertiary/aromatic N) is 1. The van der Waals surface area contributed by atoms with Crippen LogP contribution in [0.3, 0.4) is 0 Å². The number of hydrogen-bond acceptors (Lipinski definition) is 4. The van der Waals surface area contributed by atoms with E-state index in [1.165, 1.54) is 5.56 Å². The van der Waals surface area contributed by atoms with Gasteiger partial charge in [-0.3, -0.25) is 9.59 Å². The predicted octanol–water partition coefficient (Wildman–Crippen LogP) is 5.57. The molecule has 2 fully saturated rings. The lowest BCUT2D eigenvalue weighted by atomic mass is 9.92. The van der Waals surface area contributed by atoms with Crippen LogP contribution in [-0.4, -0.2) is 34.3 Å². The molecule has 32 heavy (non-hydrogen) atoms. The average Bonchev–Trinajstić information content (AvgIpc) is 3.41. The fourth-order valence-corrected chi connectivity index (χ4v) is 4.85. The molecule has 5 heteroatoms. The Hall–Kier alpha value is -3.08. The van der Waals surface area contributed by atoms with Gasteiger partial charge in [0.25, 0.3) is 11.7 Å². The lowest BCUT2D eigenvalue weighted by Crippen LogP contribution is -2.37. The molecule has 168 valence electrons. The molecule has 1 saturated heterocycles. The first-order chi connectivity index (χ1) is 15.4. The number of Topliss-reactive ketones (excluding diaryl/α,β-unsaturated/α-hetero) is 1. The molecule has 2 aromatic carbocycles. The molecular weight excluding hydrogens is 402 g/mol. The number of hydrogen-bond donors (Lipinski definition) is 1. The largest absolute Gasteiger partial charge is 0.507 e. The molecule has 1 saturated carbocycles. The molecule has 1 heterocycles. The minimum Gasteiger partial charge on any atom is -0.507 e. The predicted molar refractivity (Wildman–Crippen MR) is 125 cm³/mol. The summed E-state index contributed by atoms with van der Waals surface area (Å²) in [6.45, 7) is 6.65. The molecule has 1 aliphatic carbocycles. The number of ketones is 1. The summed E-state index contributed by atoms with van der Waals surface area (Å²) in [5.74, 6) is -0.291. The molecule has 1 N–H and O–H groups in total. The van der Waals surface area contributed by atoms with Gasteiger partial charge in [0.1, 0.15) is 11.5 Å². The molecule has 2 aliphatic rings. The van der Waals surface area contributed by atoms with Crippen molar-refractivity contribution in [1.82, 2.24) is 4.90 Å². The zero-order chi connectivity index (χ0) is 22.8. The number of carbonyl (C=O) groups excluding carboxylic acids is 2. The summed E-state index contributed by atoms with van der Waals surface area (Å²) in [6.07, 6.45) is 3.85. The van der Waals surface area contributed by atoms with Gasteiger partial charge in [0.2, 0.25) is 0 Å². The Morgan fingerprint density at radius 2 is 1.78 bits per heavy atom. The van der Waals surface area contributed by atoms with Crippen LogP contribution in [0.4, 0.5) is 0 Å². The van der Waals surface area contributed by atoms with E-state index in [9.17, 15) is 14.7 Å². The van der Waals surface area contributed by atoms with Crippen LogP contribution in [0.1, 0.15) is 75.1 Å². The van der Waals surface area contributed by atoms with Crippen molar-refractivity contribution in [3.8, 4) is 5.75 Å². The van der Waals surface area contributed by atoms with Gasteiger partial charge in [0.15, 0.2) is 0 Å². The van der Waals surface area contributed by atoms with Gasteiger partial charge in [-0.05, 0) is 48.9 Å². The van der Waals surface area contributed by atoms with E-state index in [1.54, 1.807) is 29.2 Å². The fourth-order valence-electron chi connectivity index (χ4n) is 4.85. The normalized spacial score (nSPS) is 21.0. The van der Waals surface area contributed by atoms with E-state index in [4.69, 9.17) is 4.74 Å². The van der Waals surface area contributed by atoms with E-state index >= 15 is 0 Å². The van der Waals surface area contributed by atoms with E-state index in [1.807, 2.05) is 31.2 Å². The SMILES string of the molecule is CCOc1cccc(/C(O)=C2/C(=O)C(=O)N(C3CCCC3)C2c2ccc(C(C)C)cc2)c1. The smallest absolute Gasteiger partial charge is 0.295 e. The van der Waals surface area contributed by atoms with Crippen LogP contribution < -0.4 is 4.74 Å². The zero-order valence-corrected chi connectivity index (χ0v) is 19.0. The van der Waals surface area contributed by atoms with Crippen molar-refractivity contribution < 1.29 is 19.4 Å². The highest BCUT2D eigenvalue weighted by atomic mass is 16.5. The molecule has 0 bridgehead atoms. The Bertz CT molecular complexity index is 1030. The van der Waals surface area contributed by atoms with Crippen molar-refractivity contribution >= 4 is 17.4 Å². The number of amides is 1. The molecule has 2 aromatic rings. The molecule has 1 amide bonds. The van der Waals surface area contributed by atoms with Crippen molar-refractivity contribution in [2.24, 2.45) is 0 Å². The van der Waals surface area contributed by atoms with Crippen molar-refractivity contribution in [2.75, 3.05) is 6.61 Å². The van der Waals surface area contributed by atoms with Gasteiger partial charge < -0.3 is 14.7 Å². The van der Waals surface area contributed by atoms with E-state index in [0.29, 0.717) is 23.8 Å². The Morgan fingerprint density at radius 3 is 2.41 bits per heavy atom. The molecule has 5 nitrogen and oxygen atoms in total. The van der Waals surface area contributed by atoms with Crippen molar-refractivity contribution in [3.05, 3.63) is 70.8 Å². The Labute approximate surface area is 189 Å². The third kappa shape index (κ3) is 4.04. The molecule has 0 spiro atoms. The second kappa shape index (κ2) is 9.19. The maximum atomic E-state index is 13.2. The molecular formula is C27H31NO4. The Kier molecular flexibility index (Phi) is 6.35. The number of benzene rings is 2. The molecule has 1 aliphatic heterocycles. The van der Waals surface area contributed by atoms with Gasteiger partial charge in [-0.25, -0.2) is 0 Å². The number of aliphatic hydroxyl groups is 1. The highest BCUT2D eigenvalue weighted by molar-refractivity contribution is 6.46. The second-order valence-corrected chi connectivity index (χ2v) is 8.93. The monoisotopic (exact) mass is 433 g/mol. The van der Waals surface area contributed by atoms with Crippen molar-refractivity contribution in [3.63, 3.8) is 0 Å². The highest BCUT2D eigenvalue weighted by Gasteiger charge is 2.49. The van der Waals surface area contributed by atoms with E-state index < -0.39 is 17.7 Å². The first-order valence-electron chi connectivity index (χ1n) is 11.6. The number of rotatable bonds is 6. The average molecular weight is 434 g/mol. The van der Waals surface area contributed by atoms with Crippen LogP contribution in [-0.2, 0) is 9.59 Å². The highest BCUT2D eigenvalue weighted by Crippen LogP contribution is 2.43. The maximum Gasteiger partial charge on any atom is 0.295 e. The third-order valence-corrected chi connectivity index (χ3v) is 6.54. The fraction of sp³-hybridized carbons (Fsp3) is 0.407. The second-order valence-electron chi connectivity index (χ2n) is 8.93. The summed E-state index contributed by atoms with van der Waals surface area (Å²) in [5, 5.41) is 11.3. The third-order valence-electron chi connectivity index (χ3n) is 6.54. The summed E-state index contributed by atoms with van der Waals surface area (Å²) in [7, 11) is 0. The van der Waals surface area contributed by atoms with Gasteiger partial charge >= 0.3 is 0 Å². The van der Waals surface area contributed by atoms with Gasteiger partial charge in [0, 0.05) is 11.6 Å². The quantitative estimate of drug-likeness (QED) is 0.367. The number of likely N-dealkylation sites (tertiary alicyclic amines) is 1. The summed E-state index contributed by atoms with van der Waals surface area (Å²) in [5.41, 5.74) is 2.68. The van der Waals surface area contributed by atoms with E-state index in [0.717, 1.165) is 31.2 Å². The standard InChI is InChI=1S/C27H31NO4/c1-4-32-22-11-7-8-20(16-22)25(29)23-24(19-14-12-18(13-15-19)17(2)3)28(27(31)26(23)30)21-9-5-6-10-21/h7-8,11-17,21,24,29H,4-6,9-10H2,1-3H3/b25-23-. The van der Waals surface area contributed by atoms with Crippen LogP contribution in [0.15, 0.2) is 54.1 Å². The van der Waals surface area contributed by atoms with E-state index in [-0.39, 0.29) is 17.4 Å². The topological polar surface area (TPSA) is 66.8 Å². The van der Waals surface area contributed by atoms with Crippen LogP contribution in [0.2, 0.25) is 0 Å². The minimum atomic E-state index is -0.617. The first kappa shape index (κ1) is 22.1. The van der Waals surface area contributed by atoms with Crippen LogP contribution in [0.25, 0.3) is 5.76 Å². The summed E-state index contributed by atoms with van der Waals surface area (Å²) < 4.78 is 5.56. The van der Waals surface area contributed by atoms with Crippen molar-refractivity contribution in [2.45, 2.75) is 64.5 Å². The maximum absolute atomic E-state index is 13.2. The Balaban J connectivity index is 1.84. The zero-order valence-electron chi connectivity index (χ0n) is 19.0. The summed E-state index contributed by atoms with van der Waals surface area (Å²) >= 11 is 0. The van der Waals surface area contributed by atoms with Gasteiger partial charge in [-0.15, -0.1) is 0 Å². The van der Waals surface area contributed by atoms with Crippen LogP contribution >= 0.6 is 0 Å². The number of ether oxygens (including phenoxy) is 1. The molecule has 1 atom stereocenters. The first-order valence-corrected chi connectivity index (χ1v) is 11.6. The van der Waals surface area contributed by atoms with Gasteiger partial charge in [0.05, 0.1) is 18.2 Å². The van der Waals surface area contributed by atoms with Crippen LogP contribution in [0, 0.1) is 0 Å². The molecule has 0 radical (unpaired) electrons. The summed E-state index contributed by atoms with van der Waals surface area (Å²) in [4.78, 5) is 28.1. The Morgan fingerprint density at radius 1 is 1.09 bits per heavy atom. The summed E-state index contributed by atoms with van der Waals surface area (Å²) in [6, 6.07) is 14.5. The van der Waals surface area contributed by atoms with Crippen LogP contribution in [0.5, 0.6) is 5.75 Å². The molecule has 0 aromatic heterocycles. The molecule has 1 unspecified atom stereocenters. The van der Waals surface area contributed by atoms with Gasteiger partial charge in [-0.1, -0.05) is 63.1 Å². The lowest BCUT2D eigenvalue weighted by Gasteiger charge is -2.31. The number of aliphatic hydroxyl groups excluding tert-OH is 1. The van der Waals surface area contributed by atoms with Crippen molar-refractivity contribution in [1.29, 1.82) is 0 Å². The minimum absolute atomic E-state index is 0.0151. The van der Waals surface area contributed by atoms with E-state index in [2.05, 4.69) is 13.8 Å². The molecule has 4 rings (SSSR count). The van der Waals surface area contributed by atoms with Gasteiger partial charge in [-0.2, -0.15) is 0 Å². The lowest BCUT2D eigenvalue weighted by molar-refractivity contribution is -0.141. The number of carbonyl (C=O) groups is 2.